The number of nitrogens with zero attached hydrogens (tertiary/aromatic N) is 2. The Hall–Kier alpha value is -2.62. The lowest BCUT2D eigenvalue weighted by Crippen LogP contribution is -2.01. The number of methoxy groups -OCH3 is 1. The van der Waals surface area contributed by atoms with Gasteiger partial charge in [-0.05, 0) is 48.7 Å². The topological polar surface area (TPSA) is 44.1 Å². The van der Waals surface area contributed by atoms with Gasteiger partial charge in [0.05, 0.1) is 12.7 Å². The smallest absolute Gasteiger partial charge is 0.337 e. The van der Waals surface area contributed by atoms with Gasteiger partial charge in [0.2, 0.25) is 0 Å². The van der Waals surface area contributed by atoms with Gasteiger partial charge in [-0.25, -0.2) is 4.79 Å². The summed E-state index contributed by atoms with van der Waals surface area (Å²) in [6.45, 7) is 0.940. The predicted molar refractivity (Wildman–Crippen MR) is 85.8 cm³/mol. The van der Waals surface area contributed by atoms with Gasteiger partial charge < -0.3 is 9.30 Å². The zero-order chi connectivity index (χ0) is 15.4. The Bertz CT molecular complexity index is 778. The summed E-state index contributed by atoms with van der Waals surface area (Å²) in [7, 11) is 1.40. The summed E-state index contributed by atoms with van der Waals surface area (Å²) in [6, 6.07) is 11.8. The molecule has 0 bridgehead atoms. The molecular weight excluding hydrogens is 276 g/mol. The molecule has 0 aliphatic carbocycles. The molecule has 0 unspecified atom stereocenters. The molecule has 2 heterocycles. The molecule has 0 atom stereocenters. The van der Waals surface area contributed by atoms with Crippen LogP contribution in [-0.4, -0.2) is 22.6 Å². The number of hydrogen-bond acceptors (Lipinski definition) is 3. The molecule has 2 aromatic heterocycles. The fraction of sp³-hybridized carbons (Fsp3) is 0.222. The number of aromatic nitrogens is 2. The second kappa shape index (κ2) is 6.43. The molecule has 3 rings (SSSR count). The average molecular weight is 294 g/mol. The summed E-state index contributed by atoms with van der Waals surface area (Å²) in [4.78, 5) is 15.7. The Labute approximate surface area is 129 Å². The van der Waals surface area contributed by atoms with Crippen LogP contribution in [0.15, 0.2) is 55.0 Å². The maximum atomic E-state index is 11.6. The molecule has 22 heavy (non-hydrogen) atoms. The van der Waals surface area contributed by atoms with Crippen molar-refractivity contribution in [3.05, 3.63) is 66.1 Å². The Kier molecular flexibility index (Phi) is 4.19. The second-order valence-electron chi connectivity index (χ2n) is 5.24. The molecule has 0 saturated heterocycles. The molecule has 112 valence electrons. The number of aryl methyl sites for hydroxylation is 2. The van der Waals surface area contributed by atoms with Crippen LogP contribution in [0.4, 0.5) is 0 Å². The van der Waals surface area contributed by atoms with Crippen molar-refractivity contribution in [2.45, 2.75) is 19.4 Å². The van der Waals surface area contributed by atoms with E-state index < -0.39 is 0 Å². The number of benzene rings is 1. The van der Waals surface area contributed by atoms with E-state index in [0.717, 1.165) is 30.3 Å². The number of fused-ring (bicyclic) bond motifs is 1. The molecular formula is C18H18N2O2. The van der Waals surface area contributed by atoms with Crippen molar-refractivity contribution in [1.82, 2.24) is 9.55 Å². The van der Waals surface area contributed by atoms with Gasteiger partial charge in [0.25, 0.3) is 0 Å². The van der Waals surface area contributed by atoms with Crippen LogP contribution < -0.4 is 0 Å². The standard InChI is InChI=1S/C18H18N2O2/c1-22-18(21)16-6-7-17-15(12-16)8-11-20(17)10-3-5-14-4-2-9-19-13-14/h2,4,6-9,11-13H,3,5,10H2,1H3. The SMILES string of the molecule is COC(=O)c1ccc2c(ccn2CCCc2cccnc2)c1. The van der Waals surface area contributed by atoms with Gasteiger partial charge in [-0.2, -0.15) is 0 Å². The van der Waals surface area contributed by atoms with Crippen LogP contribution in [0.1, 0.15) is 22.3 Å². The Morgan fingerprint density at radius 3 is 2.95 bits per heavy atom. The minimum absolute atomic E-state index is 0.300. The normalized spacial score (nSPS) is 10.8. The van der Waals surface area contributed by atoms with Gasteiger partial charge in [-0.1, -0.05) is 6.07 Å². The number of rotatable bonds is 5. The van der Waals surface area contributed by atoms with Gasteiger partial charge in [-0.15, -0.1) is 0 Å². The number of carbonyl (C=O) groups excluding carboxylic acids is 1. The zero-order valence-corrected chi connectivity index (χ0v) is 12.5. The number of hydrogen-bond donors (Lipinski definition) is 0. The first-order chi connectivity index (χ1) is 10.8. The number of esters is 1. The van der Waals surface area contributed by atoms with Crippen LogP contribution in [0.3, 0.4) is 0 Å². The lowest BCUT2D eigenvalue weighted by atomic mass is 10.1. The summed E-state index contributed by atoms with van der Waals surface area (Å²) in [5, 5.41) is 1.06. The van der Waals surface area contributed by atoms with Gasteiger partial charge in [-0.3, -0.25) is 4.98 Å². The molecule has 0 aliphatic heterocycles. The molecule has 0 amide bonds. The van der Waals surface area contributed by atoms with Crippen molar-refractivity contribution in [1.29, 1.82) is 0 Å². The first-order valence-corrected chi connectivity index (χ1v) is 7.34. The molecule has 3 aromatic rings. The van der Waals surface area contributed by atoms with Crippen molar-refractivity contribution in [2.24, 2.45) is 0 Å². The summed E-state index contributed by atoms with van der Waals surface area (Å²) in [5.74, 6) is -0.300. The first kappa shape index (κ1) is 14.3. The van der Waals surface area contributed by atoms with E-state index in [9.17, 15) is 4.79 Å². The number of carbonyl (C=O) groups is 1. The number of ether oxygens (including phenoxy) is 1. The van der Waals surface area contributed by atoms with E-state index in [0.29, 0.717) is 5.56 Å². The summed E-state index contributed by atoms with van der Waals surface area (Å²) >= 11 is 0. The lowest BCUT2D eigenvalue weighted by Gasteiger charge is -2.06. The fourth-order valence-corrected chi connectivity index (χ4v) is 2.64. The van der Waals surface area contributed by atoms with E-state index in [1.807, 2.05) is 36.5 Å². The Morgan fingerprint density at radius 2 is 2.18 bits per heavy atom. The molecule has 0 radical (unpaired) electrons. The van der Waals surface area contributed by atoms with Crippen LogP contribution in [0.2, 0.25) is 0 Å². The van der Waals surface area contributed by atoms with Crippen molar-refractivity contribution in [3.63, 3.8) is 0 Å². The summed E-state index contributed by atoms with van der Waals surface area (Å²) in [5.41, 5.74) is 2.98. The van der Waals surface area contributed by atoms with Crippen LogP contribution >= 0.6 is 0 Å². The van der Waals surface area contributed by atoms with Crippen LogP contribution in [-0.2, 0) is 17.7 Å². The van der Waals surface area contributed by atoms with Crippen LogP contribution in [0.5, 0.6) is 0 Å². The van der Waals surface area contributed by atoms with E-state index in [-0.39, 0.29) is 5.97 Å². The van der Waals surface area contributed by atoms with Gasteiger partial charge in [0.1, 0.15) is 0 Å². The predicted octanol–water partition coefficient (Wildman–Crippen LogP) is 3.46. The zero-order valence-electron chi connectivity index (χ0n) is 12.5. The maximum Gasteiger partial charge on any atom is 0.337 e. The molecule has 0 aliphatic rings. The van der Waals surface area contributed by atoms with Gasteiger partial charge in [0.15, 0.2) is 0 Å². The Balaban J connectivity index is 1.71. The highest BCUT2D eigenvalue weighted by atomic mass is 16.5. The molecule has 0 spiro atoms. The van der Waals surface area contributed by atoms with E-state index >= 15 is 0 Å². The third kappa shape index (κ3) is 3.01. The molecule has 1 aromatic carbocycles. The largest absolute Gasteiger partial charge is 0.465 e. The van der Waals surface area contributed by atoms with Crippen LogP contribution in [0.25, 0.3) is 10.9 Å². The van der Waals surface area contributed by atoms with Crippen molar-refractivity contribution in [3.8, 4) is 0 Å². The van der Waals surface area contributed by atoms with Gasteiger partial charge >= 0.3 is 5.97 Å². The maximum absolute atomic E-state index is 11.6. The van der Waals surface area contributed by atoms with Crippen molar-refractivity contribution >= 4 is 16.9 Å². The molecule has 4 nitrogen and oxygen atoms in total. The third-order valence-corrected chi connectivity index (χ3v) is 3.78. The summed E-state index contributed by atoms with van der Waals surface area (Å²) in [6.07, 6.45) is 7.83. The molecule has 0 N–H and O–H groups in total. The van der Waals surface area contributed by atoms with E-state index in [2.05, 4.69) is 21.8 Å². The Morgan fingerprint density at radius 1 is 1.27 bits per heavy atom. The number of pyridine rings is 1. The van der Waals surface area contributed by atoms with E-state index in [4.69, 9.17) is 4.74 Å². The van der Waals surface area contributed by atoms with Gasteiger partial charge in [0, 0.05) is 36.0 Å². The quantitative estimate of drug-likeness (QED) is 0.677. The second-order valence-corrected chi connectivity index (χ2v) is 5.24. The van der Waals surface area contributed by atoms with E-state index in [1.54, 1.807) is 6.20 Å². The molecule has 0 fully saturated rings. The minimum Gasteiger partial charge on any atom is -0.465 e. The summed E-state index contributed by atoms with van der Waals surface area (Å²) < 4.78 is 6.97. The van der Waals surface area contributed by atoms with Crippen molar-refractivity contribution in [2.75, 3.05) is 7.11 Å². The molecule has 4 heteroatoms. The highest BCUT2D eigenvalue weighted by Crippen LogP contribution is 2.19. The van der Waals surface area contributed by atoms with E-state index in [1.165, 1.54) is 12.7 Å². The molecule has 0 saturated carbocycles. The highest BCUT2D eigenvalue weighted by Gasteiger charge is 2.08. The first-order valence-electron chi connectivity index (χ1n) is 7.34. The minimum atomic E-state index is -0.300. The van der Waals surface area contributed by atoms with Crippen molar-refractivity contribution < 1.29 is 9.53 Å². The lowest BCUT2D eigenvalue weighted by molar-refractivity contribution is 0.0601. The third-order valence-electron chi connectivity index (χ3n) is 3.78. The fourth-order valence-electron chi connectivity index (χ4n) is 2.64. The van der Waals surface area contributed by atoms with Crippen LogP contribution in [0, 0.1) is 0 Å². The highest BCUT2D eigenvalue weighted by molar-refractivity contribution is 5.94. The monoisotopic (exact) mass is 294 g/mol. The average Bonchev–Trinajstić information content (AvgIpc) is 2.97.